The summed E-state index contributed by atoms with van der Waals surface area (Å²) in [5, 5.41) is 7.84. The quantitative estimate of drug-likeness (QED) is 0.155. The molecule has 1 N–H and O–H groups in total. The van der Waals surface area contributed by atoms with E-state index in [0.717, 1.165) is 52.9 Å². The number of halogens is 1. The number of carbonyl (C=O) groups is 2. The normalized spacial score (nSPS) is 17.4. The van der Waals surface area contributed by atoms with E-state index in [-0.39, 0.29) is 35.8 Å². The Kier molecular flexibility index (Phi) is 7.94. The van der Waals surface area contributed by atoms with Crippen molar-refractivity contribution in [3.05, 3.63) is 88.6 Å². The second-order valence-corrected chi connectivity index (χ2v) is 11.3. The summed E-state index contributed by atoms with van der Waals surface area (Å²) >= 11 is 0. The van der Waals surface area contributed by atoms with E-state index in [1.54, 1.807) is 12.0 Å². The van der Waals surface area contributed by atoms with E-state index < -0.39 is 5.83 Å². The van der Waals surface area contributed by atoms with Gasteiger partial charge in [0.05, 0.1) is 41.8 Å². The molecule has 2 aromatic heterocycles. The molecule has 3 aliphatic rings. The molecular weight excluding hydrogens is 561 g/mol. The third kappa shape index (κ3) is 5.02. The first kappa shape index (κ1) is 29.5. The molecule has 0 radical (unpaired) electrons. The van der Waals surface area contributed by atoms with E-state index in [1.165, 1.54) is 13.0 Å². The molecule has 1 atom stereocenters. The average Bonchev–Trinajstić information content (AvgIpc) is 3.76. The first-order chi connectivity index (χ1) is 21.2. The van der Waals surface area contributed by atoms with Crippen LogP contribution < -0.4 is 5.32 Å². The van der Waals surface area contributed by atoms with Crippen molar-refractivity contribution in [2.75, 3.05) is 26.9 Å². The van der Waals surface area contributed by atoms with Gasteiger partial charge in [0, 0.05) is 36.9 Å². The topological polar surface area (TPSA) is 98.6 Å². The van der Waals surface area contributed by atoms with Crippen LogP contribution in [0.4, 0.5) is 4.39 Å². The number of fused-ring (bicyclic) bond motifs is 3. The van der Waals surface area contributed by atoms with Crippen molar-refractivity contribution in [2.45, 2.75) is 52.2 Å². The molecule has 0 spiro atoms. The molecule has 9 nitrogen and oxygen atoms in total. The van der Waals surface area contributed by atoms with Gasteiger partial charge in [0.1, 0.15) is 23.9 Å². The highest BCUT2D eigenvalue weighted by atomic mass is 19.1. The van der Waals surface area contributed by atoms with Crippen LogP contribution in [0.2, 0.25) is 0 Å². The third-order valence-corrected chi connectivity index (χ3v) is 8.73. The molecule has 2 aliphatic heterocycles. The first-order valence-corrected chi connectivity index (χ1v) is 14.9. The van der Waals surface area contributed by atoms with Gasteiger partial charge in [0.25, 0.3) is 5.91 Å². The minimum atomic E-state index is -0.431. The molecular formula is C34H36FN5O4. The summed E-state index contributed by atoms with van der Waals surface area (Å²) in [6.45, 7) is 13.2. The molecule has 2 amide bonds. The monoisotopic (exact) mass is 597 g/mol. The van der Waals surface area contributed by atoms with Gasteiger partial charge >= 0.3 is 0 Å². The molecule has 44 heavy (non-hydrogen) atoms. The van der Waals surface area contributed by atoms with E-state index in [4.69, 9.17) is 19.6 Å². The van der Waals surface area contributed by atoms with E-state index in [9.17, 15) is 9.59 Å². The number of nitrogens with zero attached hydrogens (tertiary/aromatic N) is 4. The summed E-state index contributed by atoms with van der Waals surface area (Å²) < 4.78 is 28.5. The maximum absolute atomic E-state index is 15.6. The zero-order valence-electron chi connectivity index (χ0n) is 25.3. The summed E-state index contributed by atoms with van der Waals surface area (Å²) in [6, 6.07) is 7.49. The second kappa shape index (κ2) is 11.8. The lowest BCUT2D eigenvalue weighted by atomic mass is 9.89. The lowest BCUT2D eigenvalue weighted by Crippen LogP contribution is -2.40. The predicted octanol–water partition coefficient (Wildman–Crippen LogP) is 5.31. The summed E-state index contributed by atoms with van der Waals surface area (Å²) in [5.74, 6) is -0.450. The average molecular weight is 598 g/mol. The smallest absolute Gasteiger partial charge is 0.251 e. The Morgan fingerprint density at radius 2 is 1.98 bits per heavy atom. The van der Waals surface area contributed by atoms with Gasteiger partial charge in [0.2, 0.25) is 5.91 Å². The molecule has 1 aliphatic carbocycles. The van der Waals surface area contributed by atoms with Gasteiger partial charge in [-0.2, -0.15) is 5.10 Å². The fraction of sp³-hybridized carbons (Fsp3) is 0.353. The summed E-state index contributed by atoms with van der Waals surface area (Å²) in [6.07, 6.45) is 3.72. The van der Waals surface area contributed by atoms with Gasteiger partial charge in [-0.15, -0.1) is 0 Å². The van der Waals surface area contributed by atoms with E-state index in [1.807, 2.05) is 35.9 Å². The maximum Gasteiger partial charge on any atom is 0.251 e. The van der Waals surface area contributed by atoms with Crippen LogP contribution in [-0.2, 0) is 40.2 Å². The number of carbonyl (C=O) groups excluding carboxylic acids is 2. The molecule has 0 saturated carbocycles. The maximum atomic E-state index is 15.6. The minimum Gasteiger partial charge on any atom is -0.491 e. The highest BCUT2D eigenvalue weighted by Gasteiger charge is 2.33. The van der Waals surface area contributed by atoms with Gasteiger partial charge in [-0.3, -0.25) is 14.3 Å². The first-order valence-electron chi connectivity index (χ1n) is 14.9. The molecule has 1 aromatic carbocycles. The van der Waals surface area contributed by atoms with Crippen LogP contribution in [0.3, 0.4) is 0 Å². The number of allylic oxidation sites excluding steroid dienone is 2. The number of hydrogen-bond acceptors (Lipinski definition) is 6. The Hall–Kier alpha value is -4.57. The third-order valence-electron chi connectivity index (χ3n) is 8.73. The number of benzene rings is 1. The van der Waals surface area contributed by atoms with Crippen molar-refractivity contribution >= 4 is 17.4 Å². The van der Waals surface area contributed by atoms with Crippen molar-refractivity contribution in [1.29, 1.82) is 0 Å². The molecule has 228 valence electrons. The summed E-state index contributed by atoms with van der Waals surface area (Å²) in [4.78, 5) is 31.8. The highest BCUT2D eigenvalue weighted by molar-refractivity contribution is 5.99. The predicted molar refractivity (Wildman–Crippen MR) is 165 cm³/mol. The van der Waals surface area contributed by atoms with Crippen molar-refractivity contribution in [1.82, 2.24) is 25.0 Å². The molecule has 0 unspecified atom stereocenters. The van der Waals surface area contributed by atoms with Crippen LogP contribution in [0.25, 0.3) is 28.2 Å². The number of aromatic nitrogens is 3. The molecule has 4 heterocycles. The summed E-state index contributed by atoms with van der Waals surface area (Å²) in [7, 11) is 1.58. The minimum absolute atomic E-state index is 0.0809. The number of hydrogen-bond donors (Lipinski definition) is 1. The zero-order valence-corrected chi connectivity index (χ0v) is 25.3. The molecule has 10 heteroatoms. The fourth-order valence-electron chi connectivity index (χ4n) is 6.59. The van der Waals surface area contributed by atoms with E-state index in [0.29, 0.717) is 48.8 Å². The van der Waals surface area contributed by atoms with Crippen molar-refractivity contribution < 1.29 is 23.5 Å². The number of pyridine rings is 1. The van der Waals surface area contributed by atoms with Crippen LogP contribution >= 0.6 is 0 Å². The number of ether oxygens (including phenoxy) is 2. The van der Waals surface area contributed by atoms with Crippen LogP contribution in [0.5, 0.6) is 0 Å². The van der Waals surface area contributed by atoms with Crippen LogP contribution in [0, 0.1) is 0 Å². The molecule has 0 fully saturated rings. The van der Waals surface area contributed by atoms with E-state index >= 15 is 4.39 Å². The molecule has 3 aromatic rings. The summed E-state index contributed by atoms with van der Waals surface area (Å²) in [5.41, 5.74) is 8.16. The van der Waals surface area contributed by atoms with Crippen molar-refractivity contribution in [3.63, 3.8) is 0 Å². The Balaban J connectivity index is 1.56. The fourth-order valence-corrected chi connectivity index (χ4v) is 6.59. The van der Waals surface area contributed by atoms with Crippen LogP contribution in [0.1, 0.15) is 64.6 Å². The van der Waals surface area contributed by atoms with Crippen LogP contribution in [-0.4, -0.2) is 58.3 Å². The van der Waals surface area contributed by atoms with Gasteiger partial charge in [-0.05, 0) is 74.1 Å². The standard InChI is InChI=1S/C34H36FN5O4/c1-6-29(41)39-12-13-40-28(20(39)3)17-27(38-40)33-31(30(19(2)35)21(4)44-15-14-43-5)25-8-7-9-26(25)32(37-33)22-10-11-24-23(16-22)18-36-34(24)42/h6,10-11,16-17,20H,1,4,7-9,12-15,18H2,2-3,5H3,(H,36,42)/t20-/m1/s1. The van der Waals surface area contributed by atoms with Crippen molar-refractivity contribution in [3.8, 4) is 22.6 Å². The van der Waals surface area contributed by atoms with E-state index in [2.05, 4.69) is 18.5 Å². The number of nitrogens with one attached hydrogen (secondary N) is 1. The van der Waals surface area contributed by atoms with Gasteiger partial charge in [-0.25, -0.2) is 9.37 Å². The highest BCUT2D eigenvalue weighted by Crippen LogP contribution is 2.44. The van der Waals surface area contributed by atoms with Gasteiger partial charge in [0.15, 0.2) is 0 Å². The Bertz CT molecular complexity index is 1740. The SMILES string of the molecule is C=CC(=O)N1CCn2nc(-c3nc(-c4ccc5c(c4)CNC5=O)c4c(c3C(C(=C)OCCOC)=C(C)F)CCC4)cc2[C@H]1C. The number of amides is 2. The Morgan fingerprint density at radius 3 is 2.73 bits per heavy atom. The Labute approximate surface area is 256 Å². The lowest BCUT2D eigenvalue weighted by Gasteiger charge is -2.33. The molecule has 0 saturated heterocycles. The number of rotatable bonds is 9. The Morgan fingerprint density at radius 1 is 1.18 bits per heavy atom. The zero-order chi connectivity index (χ0) is 31.1. The second-order valence-electron chi connectivity index (χ2n) is 11.3. The lowest BCUT2D eigenvalue weighted by molar-refractivity contribution is -0.129. The van der Waals surface area contributed by atoms with Crippen molar-refractivity contribution in [2.24, 2.45) is 0 Å². The largest absolute Gasteiger partial charge is 0.491 e. The molecule has 0 bridgehead atoms. The van der Waals surface area contributed by atoms with Gasteiger partial charge < -0.3 is 19.7 Å². The van der Waals surface area contributed by atoms with Gasteiger partial charge in [-0.1, -0.05) is 19.2 Å². The van der Waals surface area contributed by atoms with Crippen LogP contribution in [0.15, 0.2) is 55.1 Å². The molecule has 6 rings (SSSR count). The number of methoxy groups -OCH3 is 1.